The van der Waals surface area contributed by atoms with Crippen molar-refractivity contribution in [1.29, 1.82) is 0 Å². The Kier molecular flexibility index (Phi) is 23.0. The average molecular weight is 1660 g/mol. The predicted molar refractivity (Wildman–Crippen MR) is 418 cm³/mol. The van der Waals surface area contributed by atoms with Gasteiger partial charge < -0.3 is 113 Å². The van der Waals surface area contributed by atoms with Gasteiger partial charge in [0.15, 0.2) is 11.5 Å². The minimum Gasteiger partial charge on any atom is -0.508 e. The third-order valence-corrected chi connectivity index (χ3v) is 24.3. The molecule has 6 heterocycles. The number of amides is 9. The van der Waals surface area contributed by atoms with Crippen LogP contribution >= 0.6 is 23.2 Å². The van der Waals surface area contributed by atoms with E-state index in [1.54, 1.807) is 13.8 Å². The quantitative estimate of drug-likeness (QED) is 0.0649. The summed E-state index contributed by atoms with van der Waals surface area (Å²) < 4.78 is 31.4. The zero-order valence-corrected chi connectivity index (χ0v) is 65.1. The number of primary amides is 1. The van der Waals surface area contributed by atoms with E-state index < -0.39 is 208 Å². The molecule has 18 N–H and O–H groups in total. The SMILES string of the molecule is CC(C)C[C@H](C(=O)N[C@H]1C(=O)N[C@@H](CC(N)=O)C(=O)N[C@H]2C(=O)N[C@H]3C(=O)N[C@H](C(=O)N[C@H](C(=O)NC4C5CC6CC(C5)CC4C6)c4cc(O)cc(O)c4-c4cc3ccc4O)[C@H](O)c3ccc(c(Cl)c3)Oc3cc2cc(c3O[C@@H]2O[C@H](CO)[C@@H](O)[C@H](O)[C@H]2O)Oc2ccc(cc2Cl)[C@H]1O)N(C)C(=O)OCC1c2ccccc2-c2ccccc21. The van der Waals surface area contributed by atoms with Crippen LogP contribution in [0, 0.1) is 29.6 Å². The molecule has 118 heavy (non-hydrogen) atoms. The van der Waals surface area contributed by atoms with Gasteiger partial charge in [-0.15, -0.1) is 0 Å². The summed E-state index contributed by atoms with van der Waals surface area (Å²) in [5, 5.41) is 123. The van der Waals surface area contributed by atoms with Crippen molar-refractivity contribution >= 4 is 76.6 Å². The van der Waals surface area contributed by atoms with Gasteiger partial charge in [-0.1, -0.05) is 104 Å². The van der Waals surface area contributed by atoms with Crippen molar-refractivity contribution in [2.75, 3.05) is 20.3 Å². The lowest BCUT2D eigenvalue weighted by atomic mass is 9.54. The van der Waals surface area contributed by atoms with Gasteiger partial charge in [0.25, 0.3) is 0 Å². The number of rotatable bonds is 14. The van der Waals surface area contributed by atoms with Crippen LogP contribution in [0.2, 0.25) is 10.0 Å². The van der Waals surface area contributed by atoms with E-state index in [1.807, 2.05) is 48.5 Å². The molecule has 18 rings (SSSR count). The number of hydrogen-bond acceptors (Lipinski definition) is 23. The number of phenolic OH excluding ortho intramolecular Hbond substituents is 3. The van der Waals surface area contributed by atoms with Crippen molar-refractivity contribution in [3.05, 3.63) is 176 Å². The third-order valence-electron chi connectivity index (χ3n) is 23.7. The standard InChI is InChI=1S/C84H87Cl2N9O23/c1-34(2)18-54(95(3)84(113)114-33-50-46-10-6-4-8-44(46)45-9-5-7-11-47(45)50)77(107)93-68-70(101)38-13-16-57(51(85)25-38)115-59-27-42-28-60(75(59)118-83-74(105)73(104)72(103)61(32-96)117-83)116-58-17-14-39(26-52(58)86)71(102)69-82(112)92-67(80(110)89-64-40-20-35-19-36(22-40)23-41(64)21-35)49-29-43(97)30-56(99)63(49)48-24-37(12-15-55(48)98)65(78(108)94-69)91-79(109)66(42)90-76(106)53(31-62(87)100)88-81(68)111/h4-17,24-30,34-36,40-41,50,53-54,61,64-74,83,96-99,101-105H,18-23,31-33H2,1-3H3,(H2,87,100)(H,88,111)(H,89,110)(H,90,106)(H,91,109)(H,92,112)(H,93,107)(H,94,108)/t35?,36?,40?,41?,53-,54+,61+,64?,65+,66+,67-,68+,69-,70+,71+,72+,73-,74+,83-/m0/s1. The second-order valence-electron chi connectivity index (χ2n) is 31.9. The molecule has 9 amide bonds. The number of phenols is 3. The first-order valence-corrected chi connectivity index (χ1v) is 39.5. The van der Waals surface area contributed by atoms with E-state index >= 15 is 33.6 Å². The smallest absolute Gasteiger partial charge is 0.410 e. The lowest BCUT2D eigenvalue weighted by Gasteiger charge is -2.54. The Morgan fingerprint density at radius 1 is 0.593 bits per heavy atom. The second kappa shape index (κ2) is 33.2. The first-order valence-electron chi connectivity index (χ1n) is 38.7. The number of aromatic hydroxyl groups is 3. The number of benzene rings is 7. The monoisotopic (exact) mass is 1660 g/mol. The number of nitrogens with two attached hydrogens (primary N) is 1. The highest BCUT2D eigenvalue weighted by Gasteiger charge is 2.51. The normalized spacial score (nSPS) is 27.9. The first kappa shape index (κ1) is 81.8. The maximum atomic E-state index is 16.3. The van der Waals surface area contributed by atoms with Gasteiger partial charge in [-0.3, -0.25) is 43.3 Å². The summed E-state index contributed by atoms with van der Waals surface area (Å²) in [5.41, 5.74) is 7.35. The number of nitrogens with zero attached hydrogens (tertiary/aromatic N) is 1. The van der Waals surface area contributed by atoms with Crippen LogP contribution < -0.4 is 57.2 Å². The topological polar surface area (TPSA) is 495 Å². The van der Waals surface area contributed by atoms with Crippen molar-refractivity contribution in [3.63, 3.8) is 0 Å². The molecule has 11 aliphatic rings. The highest BCUT2D eigenvalue weighted by Crippen LogP contribution is 2.55. The molecule has 5 aliphatic carbocycles. The molecule has 620 valence electrons. The zero-order chi connectivity index (χ0) is 83.7. The molecule has 34 heteroatoms. The second-order valence-corrected chi connectivity index (χ2v) is 32.7. The summed E-state index contributed by atoms with van der Waals surface area (Å²) in [5.74, 6) is -14.3. The number of carbonyl (C=O) groups excluding carboxylic acids is 9. The number of nitrogens with one attached hydrogen (secondary N) is 7. The Hall–Kier alpha value is -11.3. The molecule has 4 saturated carbocycles. The summed E-state index contributed by atoms with van der Waals surface area (Å²) in [6, 6.07) is 14.7. The van der Waals surface area contributed by atoms with Gasteiger partial charge in [0, 0.05) is 36.2 Å². The predicted octanol–water partition coefficient (Wildman–Crippen LogP) is 5.39. The molecule has 5 fully saturated rings. The van der Waals surface area contributed by atoms with Gasteiger partial charge in [0.2, 0.25) is 59.3 Å². The molecule has 7 aromatic carbocycles. The molecule has 32 nitrogen and oxygen atoms in total. The lowest BCUT2D eigenvalue weighted by Crippen LogP contribution is -2.60. The Morgan fingerprint density at radius 2 is 1.18 bits per heavy atom. The van der Waals surface area contributed by atoms with Crippen LogP contribution in [-0.2, 0) is 47.8 Å². The van der Waals surface area contributed by atoms with Crippen LogP contribution in [0.1, 0.15) is 134 Å². The van der Waals surface area contributed by atoms with Crippen molar-refractivity contribution in [2.45, 2.75) is 156 Å². The van der Waals surface area contributed by atoms with Gasteiger partial charge in [-0.05, 0) is 173 Å². The summed E-state index contributed by atoms with van der Waals surface area (Å²) in [6.07, 6.45) is -12.0. The van der Waals surface area contributed by atoms with Gasteiger partial charge in [0.1, 0.15) is 114 Å². The number of fused-ring (bicyclic) bond motifs is 18. The van der Waals surface area contributed by atoms with Crippen molar-refractivity contribution in [1.82, 2.24) is 42.1 Å². The van der Waals surface area contributed by atoms with E-state index in [4.69, 9.17) is 52.6 Å². The fourth-order valence-corrected chi connectivity index (χ4v) is 18.5. The van der Waals surface area contributed by atoms with Crippen LogP contribution in [0.3, 0.4) is 0 Å². The van der Waals surface area contributed by atoms with Crippen LogP contribution in [0.25, 0.3) is 22.3 Å². The fourth-order valence-electron chi connectivity index (χ4n) is 18.0. The van der Waals surface area contributed by atoms with Crippen LogP contribution in [0.15, 0.2) is 127 Å². The lowest BCUT2D eigenvalue weighted by molar-refractivity contribution is -0.277. The number of ether oxygens (including phenoxy) is 5. The van der Waals surface area contributed by atoms with Gasteiger partial charge in [-0.2, -0.15) is 0 Å². The largest absolute Gasteiger partial charge is 0.508 e. The molecule has 7 aromatic rings. The molecule has 6 aliphatic heterocycles. The molecular weight excluding hydrogens is 1570 g/mol. The molecule has 14 atom stereocenters. The Bertz CT molecular complexity index is 5110. The minimum absolute atomic E-state index is 0.0688. The summed E-state index contributed by atoms with van der Waals surface area (Å²) >= 11 is 14.3. The zero-order valence-electron chi connectivity index (χ0n) is 63.6. The summed E-state index contributed by atoms with van der Waals surface area (Å²) in [7, 11) is 1.31. The molecule has 15 bridgehead atoms. The number of halogens is 2. The number of carbonyl (C=O) groups is 9. The highest BCUT2D eigenvalue weighted by molar-refractivity contribution is 6.32. The molecule has 0 radical (unpaired) electrons. The fraction of sp³-hybridized carbons (Fsp3) is 0.393. The molecule has 0 unspecified atom stereocenters. The Morgan fingerprint density at radius 3 is 1.78 bits per heavy atom. The number of aliphatic hydroxyl groups excluding tert-OH is 6. The van der Waals surface area contributed by atoms with Gasteiger partial charge in [0.05, 0.1) is 23.1 Å². The maximum absolute atomic E-state index is 16.3. The Labute approximate surface area is 684 Å². The number of likely N-dealkylation sites (N-methyl/N-ethyl adjacent to an activating group) is 1. The van der Waals surface area contributed by atoms with Gasteiger partial charge in [-0.25, -0.2) is 4.79 Å². The van der Waals surface area contributed by atoms with E-state index in [0.29, 0.717) is 11.8 Å². The van der Waals surface area contributed by atoms with Gasteiger partial charge >= 0.3 is 6.09 Å². The average Bonchev–Trinajstić information content (AvgIpc) is 0.943. The highest BCUT2D eigenvalue weighted by atomic mass is 35.5. The van der Waals surface area contributed by atoms with Crippen molar-refractivity contribution in [3.8, 4) is 68.2 Å². The van der Waals surface area contributed by atoms with E-state index in [2.05, 4.69) is 37.2 Å². The van der Waals surface area contributed by atoms with E-state index in [9.17, 15) is 55.5 Å². The Balaban J connectivity index is 0.852. The minimum atomic E-state index is -2.36. The van der Waals surface area contributed by atoms with Crippen LogP contribution in [0.4, 0.5) is 4.79 Å². The summed E-state index contributed by atoms with van der Waals surface area (Å²) in [6.45, 7) is 2.40. The summed E-state index contributed by atoms with van der Waals surface area (Å²) in [4.78, 5) is 138. The number of aliphatic hydroxyl groups is 6. The van der Waals surface area contributed by atoms with Crippen LogP contribution in [0.5, 0.6) is 46.0 Å². The van der Waals surface area contributed by atoms with Crippen molar-refractivity contribution in [2.24, 2.45) is 35.3 Å². The molecule has 0 spiro atoms. The molecule has 1 saturated heterocycles. The third kappa shape index (κ3) is 16.1. The van der Waals surface area contributed by atoms with Crippen LogP contribution in [-0.4, -0.2) is 185 Å². The molecular formula is C84H87Cl2N9O23. The van der Waals surface area contributed by atoms with E-state index in [1.165, 1.54) is 31.3 Å². The molecule has 0 aromatic heterocycles. The van der Waals surface area contributed by atoms with Crippen molar-refractivity contribution < 1.29 is 113 Å². The maximum Gasteiger partial charge on any atom is 0.410 e. The van der Waals surface area contributed by atoms with E-state index in [-0.39, 0.29) is 81.7 Å². The van der Waals surface area contributed by atoms with E-state index in [0.717, 1.165) is 114 Å². The first-order chi connectivity index (χ1) is 56.4. The number of hydrogen-bond donors (Lipinski definition) is 17.